The topological polar surface area (TPSA) is 42.7 Å². The van der Waals surface area contributed by atoms with E-state index in [0.717, 1.165) is 24.2 Å². The van der Waals surface area contributed by atoms with Crippen LogP contribution in [0.2, 0.25) is 0 Å². The van der Waals surface area contributed by atoms with E-state index in [1.807, 2.05) is 12.1 Å². The molecular formula is C13H18N4. The summed E-state index contributed by atoms with van der Waals surface area (Å²) >= 11 is 0. The predicted octanol–water partition coefficient (Wildman–Crippen LogP) is 2.87. The Morgan fingerprint density at radius 1 is 1.18 bits per heavy atom. The number of rotatable bonds is 5. The molecule has 0 fully saturated rings. The summed E-state index contributed by atoms with van der Waals surface area (Å²) in [6.07, 6.45) is 5.52. The van der Waals surface area contributed by atoms with Crippen LogP contribution in [-0.4, -0.2) is 20.8 Å². The zero-order valence-electron chi connectivity index (χ0n) is 10.3. The van der Waals surface area contributed by atoms with E-state index in [4.69, 9.17) is 0 Å². The van der Waals surface area contributed by atoms with Gasteiger partial charge in [0.25, 0.3) is 0 Å². The molecule has 0 aliphatic rings. The van der Waals surface area contributed by atoms with E-state index < -0.39 is 0 Å². The molecule has 1 aromatic carbocycles. The lowest BCUT2D eigenvalue weighted by Gasteiger charge is -2.16. The van der Waals surface area contributed by atoms with Gasteiger partial charge in [-0.25, -0.2) is 9.67 Å². The van der Waals surface area contributed by atoms with E-state index in [2.05, 4.69) is 41.4 Å². The molecule has 0 unspecified atom stereocenters. The molecule has 90 valence electrons. The zero-order valence-corrected chi connectivity index (χ0v) is 10.3. The van der Waals surface area contributed by atoms with Crippen LogP contribution in [0.1, 0.15) is 26.7 Å². The number of anilines is 1. The minimum absolute atomic E-state index is 0.548. The van der Waals surface area contributed by atoms with Crippen LogP contribution in [0.5, 0.6) is 0 Å². The Kier molecular flexibility index (Phi) is 3.75. The molecule has 1 aromatic heterocycles. The molecule has 0 aliphatic heterocycles. The molecule has 2 rings (SSSR count). The third kappa shape index (κ3) is 2.84. The summed E-state index contributed by atoms with van der Waals surface area (Å²) in [5.41, 5.74) is 2.18. The van der Waals surface area contributed by atoms with Gasteiger partial charge in [0.1, 0.15) is 12.7 Å². The molecular weight excluding hydrogens is 212 g/mol. The SMILES string of the molecule is CCC(CC)Nc1ccc(-n2cncn2)cc1. The molecule has 0 radical (unpaired) electrons. The van der Waals surface area contributed by atoms with Gasteiger partial charge in [-0.15, -0.1) is 0 Å². The second kappa shape index (κ2) is 5.48. The fourth-order valence-electron chi connectivity index (χ4n) is 1.78. The van der Waals surface area contributed by atoms with Crippen molar-refractivity contribution in [3.8, 4) is 5.69 Å². The predicted molar refractivity (Wildman–Crippen MR) is 69.4 cm³/mol. The Bertz CT molecular complexity index is 429. The van der Waals surface area contributed by atoms with E-state index in [9.17, 15) is 0 Å². The van der Waals surface area contributed by atoms with Crippen molar-refractivity contribution in [2.45, 2.75) is 32.7 Å². The van der Waals surface area contributed by atoms with E-state index in [0.29, 0.717) is 6.04 Å². The van der Waals surface area contributed by atoms with Crippen molar-refractivity contribution in [3.63, 3.8) is 0 Å². The first-order valence-corrected chi connectivity index (χ1v) is 6.05. The minimum Gasteiger partial charge on any atom is -0.382 e. The van der Waals surface area contributed by atoms with Crippen LogP contribution in [0.4, 0.5) is 5.69 Å². The van der Waals surface area contributed by atoms with Crippen LogP contribution in [0.15, 0.2) is 36.9 Å². The first-order valence-electron chi connectivity index (χ1n) is 6.05. The monoisotopic (exact) mass is 230 g/mol. The Hall–Kier alpha value is -1.84. The normalized spacial score (nSPS) is 10.8. The Labute approximate surface area is 102 Å². The number of nitrogens with zero attached hydrogens (tertiary/aromatic N) is 3. The van der Waals surface area contributed by atoms with Crippen molar-refractivity contribution in [1.29, 1.82) is 0 Å². The molecule has 1 heterocycles. The van der Waals surface area contributed by atoms with E-state index in [1.54, 1.807) is 11.0 Å². The lowest BCUT2D eigenvalue weighted by molar-refractivity contribution is 0.672. The van der Waals surface area contributed by atoms with Crippen LogP contribution in [0, 0.1) is 0 Å². The van der Waals surface area contributed by atoms with Crippen molar-refractivity contribution in [2.24, 2.45) is 0 Å². The average Bonchev–Trinajstić information content (AvgIpc) is 2.90. The van der Waals surface area contributed by atoms with Gasteiger partial charge in [-0.3, -0.25) is 0 Å². The highest BCUT2D eigenvalue weighted by Gasteiger charge is 2.03. The van der Waals surface area contributed by atoms with E-state index in [1.165, 1.54) is 6.33 Å². The van der Waals surface area contributed by atoms with Crippen molar-refractivity contribution in [3.05, 3.63) is 36.9 Å². The molecule has 0 aliphatic carbocycles. The Morgan fingerprint density at radius 3 is 2.41 bits per heavy atom. The molecule has 1 N–H and O–H groups in total. The zero-order chi connectivity index (χ0) is 12.1. The van der Waals surface area contributed by atoms with Gasteiger partial charge in [0, 0.05) is 11.7 Å². The lowest BCUT2D eigenvalue weighted by atomic mass is 10.1. The summed E-state index contributed by atoms with van der Waals surface area (Å²) in [5, 5.41) is 7.60. The first kappa shape index (κ1) is 11.6. The van der Waals surface area contributed by atoms with Gasteiger partial charge in [0.15, 0.2) is 0 Å². The summed E-state index contributed by atoms with van der Waals surface area (Å²) in [6.45, 7) is 4.40. The standard InChI is InChI=1S/C13H18N4/c1-3-11(4-2)16-12-5-7-13(8-6-12)17-10-14-9-15-17/h5-11,16H,3-4H2,1-2H3. The van der Waals surface area contributed by atoms with Crippen molar-refractivity contribution < 1.29 is 0 Å². The molecule has 0 saturated carbocycles. The summed E-state index contributed by atoms with van der Waals surface area (Å²) in [7, 11) is 0. The number of hydrogen-bond donors (Lipinski definition) is 1. The number of nitrogens with one attached hydrogen (secondary N) is 1. The lowest BCUT2D eigenvalue weighted by Crippen LogP contribution is -2.16. The molecule has 2 aromatic rings. The van der Waals surface area contributed by atoms with Crippen molar-refractivity contribution in [2.75, 3.05) is 5.32 Å². The Morgan fingerprint density at radius 2 is 1.88 bits per heavy atom. The van der Waals surface area contributed by atoms with Crippen LogP contribution in [0.25, 0.3) is 5.69 Å². The Balaban J connectivity index is 2.08. The van der Waals surface area contributed by atoms with Crippen LogP contribution >= 0.6 is 0 Å². The van der Waals surface area contributed by atoms with Gasteiger partial charge in [0.2, 0.25) is 0 Å². The van der Waals surface area contributed by atoms with Crippen molar-refractivity contribution in [1.82, 2.24) is 14.8 Å². The van der Waals surface area contributed by atoms with Gasteiger partial charge in [-0.1, -0.05) is 13.8 Å². The molecule has 4 heteroatoms. The van der Waals surface area contributed by atoms with Gasteiger partial charge in [0.05, 0.1) is 5.69 Å². The van der Waals surface area contributed by atoms with E-state index in [-0.39, 0.29) is 0 Å². The quantitative estimate of drug-likeness (QED) is 0.858. The van der Waals surface area contributed by atoms with Gasteiger partial charge in [-0.2, -0.15) is 5.10 Å². The summed E-state index contributed by atoms with van der Waals surface area (Å²) in [4.78, 5) is 3.93. The smallest absolute Gasteiger partial charge is 0.138 e. The summed E-state index contributed by atoms with van der Waals surface area (Å²) in [6, 6.07) is 8.79. The molecule has 0 bridgehead atoms. The van der Waals surface area contributed by atoms with E-state index >= 15 is 0 Å². The molecule has 0 spiro atoms. The van der Waals surface area contributed by atoms with Crippen LogP contribution in [-0.2, 0) is 0 Å². The minimum atomic E-state index is 0.548. The molecule has 0 saturated heterocycles. The number of aromatic nitrogens is 3. The number of hydrogen-bond acceptors (Lipinski definition) is 3. The maximum atomic E-state index is 4.09. The maximum absolute atomic E-state index is 4.09. The fraction of sp³-hybridized carbons (Fsp3) is 0.385. The second-order valence-electron chi connectivity index (χ2n) is 4.04. The van der Waals surface area contributed by atoms with Gasteiger partial charge < -0.3 is 5.32 Å². The van der Waals surface area contributed by atoms with Crippen molar-refractivity contribution >= 4 is 5.69 Å². The maximum Gasteiger partial charge on any atom is 0.138 e. The molecule has 4 nitrogen and oxygen atoms in total. The van der Waals surface area contributed by atoms with Gasteiger partial charge in [-0.05, 0) is 37.1 Å². The molecule has 0 amide bonds. The number of benzene rings is 1. The summed E-state index contributed by atoms with van der Waals surface area (Å²) in [5.74, 6) is 0. The highest BCUT2D eigenvalue weighted by Crippen LogP contribution is 2.14. The third-order valence-corrected chi connectivity index (χ3v) is 2.91. The largest absolute Gasteiger partial charge is 0.382 e. The fourth-order valence-corrected chi connectivity index (χ4v) is 1.78. The third-order valence-electron chi connectivity index (χ3n) is 2.91. The molecule has 0 atom stereocenters. The summed E-state index contributed by atoms with van der Waals surface area (Å²) < 4.78 is 1.75. The molecule has 17 heavy (non-hydrogen) atoms. The van der Waals surface area contributed by atoms with Gasteiger partial charge >= 0.3 is 0 Å². The average molecular weight is 230 g/mol. The van der Waals surface area contributed by atoms with Crippen LogP contribution in [0.3, 0.4) is 0 Å². The first-order chi connectivity index (χ1) is 8.33. The highest BCUT2D eigenvalue weighted by atomic mass is 15.3. The second-order valence-corrected chi connectivity index (χ2v) is 4.04. The van der Waals surface area contributed by atoms with Crippen LogP contribution < -0.4 is 5.32 Å². The highest BCUT2D eigenvalue weighted by molar-refractivity contribution is 5.48.